The second kappa shape index (κ2) is 6.89. The number of piperidine rings is 1. The van der Waals surface area contributed by atoms with E-state index in [0.717, 1.165) is 32.2 Å². The van der Waals surface area contributed by atoms with Crippen LogP contribution in [0.15, 0.2) is 0 Å². The van der Waals surface area contributed by atoms with Crippen LogP contribution in [0, 0.1) is 11.8 Å². The fourth-order valence-electron chi connectivity index (χ4n) is 2.19. The average molecular weight is 227 g/mol. The fraction of sp³-hybridized carbons (Fsp3) is 0.923. The summed E-state index contributed by atoms with van der Waals surface area (Å²) < 4.78 is 5.34. The molecule has 0 spiro atoms. The average Bonchev–Trinajstić information content (AvgIpc) is 2.26. The lowest BCUT2D eigenvalue weighted by Crippen LogP contribution is -2.44. The molecular formula is C13H25NO2. The van der Waals surface area contributed by atoms with E-state index in [1.165, 1.54) is 0 Å². The number of rotatable bonds is 5. The third-order valence-electron chi connectivity index (χ3n) is 3.24. The van der Waals surface area contributed by atoms with Crippen molar-refractivity contribution in [3.63, 3.8) is 0 Å². The van der Waals surface area contributed by atoms with E-state index in [1.54, 1.807) is 0 Å². The lowest BCUT2D eigenvalue weighted by Gasteiger charge is -2.26. The number of hydrogen-bond donors (Lipinski definition) is 1. The molecule has 16 heavy (non-hydrogen) atoms. The SMILES string of the molecule is CCCC(C)COC(=O)C1CC(C)CCN1. The summed E-state index contributed by atoms with van der Waals surface area (Å²) in [7, 11) is 0. The van der Waals surface area contributed by atoms with E-state index in [1.807, 2.05) is 0 Å². The van der Waals surface area contributed by atoms with Crippen molar-refractivity contribution in [3.8, 4) is 0 Å². The molecule has 3 nitrogen and oxygen atoms in total. The van der Waals surface area contributed by atoms with Gasteiger partial charge in [-0.25, -0.2) is 0 Å². The van der Waals surface area contributed by atoms with Crippen molar-refractivity contribution in [1.29, 1.82) is 0 Å². The molecule has 0 aromatic heterocycles. The molecule has 0 radical (unpaired) electrons. The van der Waals surface area contributed by atoms with Gasteiger partial charge in [-0.15, -0.1) is 0 Å². The molecule has 0 aliphatic carbocycles. The van der Waals surface area contributed by atoms with Gasteiger partial charge in [0.25, 0.3) is 0 Å². The minimum Gasteiger partial charge on any atom is -0.464 e. The van der Waals surface area contributed by atoms with E-state index in [9.17, 15) is 4.79 Å². The van der Waals surface area contributed by atoms with Gasteiger partial charge in [0.15, 0.2) is 0 Å². The Hall–Kier alpha value is -0.570. The third kappa shape index (κ3) is 4.52. The highest BCUT2D eigenvalue weighted by Crippen LogP contribution is 2.16. The van der Waals surface area contributed by atoms with Gasteiger partial charge in [0.05, 0.1) is 6.61 Å². The van der Waals surface area contributed by atoms with Crippen LogP contribution in [-0.4, -0.2) is 25.2 Å². The quantitative estimate of drug-likeness (QED) is 0.733. The van der Waals surface area contributed by atoms with Gasteiger partial charge in [-0.05, 0) is 37.6 Å². The zero-order valence-electron chi connectivity index (χ0n) is 10.8. The van der Waals surface area contributed by atoms with Crippen molar-refractivity contribution in [3.05, 3.63) is 0 Å². The summed E-state index contributed by atoms with van der Waals surface area (Å²) in [5.74, 6) is 1.05. The molecule has 0 aromatic rings. The largest absolute Gasteiger partial charge is 0.464 e. The van der Waals surface area contributed by atoms with E-state index in [-0.39, 0.29) is 12.0 Å². The van der Waals surface area contributed by atoms with Crippen molar-refractivity contribution in [1.82, 2.24) is 5.32 Å². The van der Waals surface area contributed by atoms with Gasteiger partial charge in [-0.1, -0.05) is 27.2 Å². The van der Waals surface area contributed by atoms with Crippen LogP contribution in [0.1, 0.15) is 46.5 Å². The molecule has 0 aromatic carbocycles. The molecular weight excluding hydrogens is 202 g/mol. The maximum atomic E-state index is 11.8. The second-order valence-corrected chi connectivity index (χ2v) is 5.16. The van der Waals surface area contributed by atoms with Crippen molar-refractivity contribution in [2.45, 2.75) is 52.5 Å². The monoisotopic (exact) mass is 227 g/mol. The predicted molar refractivity (Wildman–Crippen MR) is 65.2 cm³/mol. The van der Waals surface area contributed by atoms with Gasteiger partial charge >= 0.3 is 5.97 Å². The zero-order valence-corrected chi connectivity index (χ0v) is 10.8. The minimum atomic E-state index is -0.0717. The molecule has 0 amide bonds. The van der Waals surface area contributed by atoms with Crippen molar-refractivity contribution in [2.24, 2.45) is 11.8 Å². The van der Waals surface area contributed by atoms with Crippen LogP contribution in [0.3, 0.4) is 0 Å². The van der Waals surface area contributed by atoms with Crippen LogP contribution >= 0.6 is 0 Å². The predicted octanol–water partition coefficient (Wildman–Crippen LogP) is 2.35. The summed E-state index contributed by atoms with van der Waals surface area (Å²) in [6.07, 6.45) is 4.36. The van der Waals surface area contributed by atoms with E-state index >= 15 is 0 Å². The number of carbonyl (C=O) groups excluding carboxylic acids is 1. The first kappa shape index (κ1) is 13.5. The van der Waals surface area contributed by atoms with Gasteiger partial charge in [-0.2, -0.15) is 0 Å². The van der Waals surface area contributed by atoms with E-state index in [2.05, 4.69) is 26.1 Å². The van der Waals surface area contributed by atoms with Crippen LogP contribution in [0.5, 0.6) is 0 Å². The first-order valence-electron chi connectivity index (χ1n) is 6.53. The Morgan fingerprint density at radius 3 is 2.94 bits per heavy atom. The molecule has 3 unspecified atom stereocenters. The first-order valence-corrected chi connectivity index (χ1v) is 6.53. The summed E-state index contributed by atoms with van der Waals surface area (Å²) in [4.78, 5) is 11.8. The highest BCUT2D eigenvalue weighted by Gasteiger charge is 2.25. The molecule has 1 saturated heterocycles. The Morgan fingerprint density at radius 2 is 2.31 bits per heavy atom. The van der Waals surface area contributed by atoms with Crippen LogP contribution in [-0.2, 0) is 9.53 Å². The Morgan fingerprint density at radius 1 is 1.56 bits per heavy atom. The molecule has 94 valence electrons. The van der Waals surface area contributed by atoms with Crippen LogP contribution in [0.4, 0.5) is 0 Å². The van der Waals surface area contributed by atoms with Gasteiger partial charge in [0, 0.05) is 0 Å². The highest BCUT2D eigenvalue weighted by atomic mass is 16.5. The lowest BCUT2D eigenvalue weighted by atomic mass is 9.94. The normalized spacial score (nSPS) is 27.4. The lowest BCUT2D eigenvalue weighted by molar-refractivity contribution is -0.148. The standard InChI is InChI=1S/C13H25NO2/c1-4-5-11(3)9-16-13(15)12-8-10(2)6-7-14-12/h10-12,14H,4-9H2,1-3H3. The smallest absolute Gasteiger partial charge is 0.323 e. The number of ether oxygens (including phenoxy) is 1. The van der Waals surface area contributed by atoms with Gasteiger partial charge in [-0.3, -0.25) is 4.79 Å². The Kier molecular flexibility index (Phi) is 5.81. The summed E-state index contributed by atoms with van der Waals surface area (Å²) >= 11 is 0. The number of esters is 1. The van der Waals surface area contributed by atoms with Crippen molar-refractivity contribution >= 4 is 5.97 Å². The molecule has 0 bridgehead atoms. The first-order chi connectivity index (χ1) is 7.63. The molecule has 3 heteroatoms. The number of carbonyl (C=O) groups is 1. The summed E-state index contributed by atoms with van der Waals surface area (Å²) in [6.45, 7) is 7.99. The maximum Gasteiger partial charge on any atom is 0.323 e. The van der Waals surface area contributed by atoms with Gasteiger partial charge < -0.3 is 10.1 Å². The molecule has 1 fully saturated rings. The molecule has 1 aliphatic heterocycles. The molecule has 1 heterocycles. The van der Waals surface area contributed by atoms with Crippen LogP contribution in [0.2, 0.25) is 0 Å². The molecule has 0 saturated carbocycles. The van der Waals surface area contributed by atoms with Gasteiger partial charge in [0.2, 0.25) is 0 Å². The molecule has 1 N–H and O–H groups in total. The van der Waals surface area contributed by atoms with Crippen molar-refractivity contribution in [2.75, 3.05) is 13.2 Å². The summed E-state index contributed by atoms with van der Waals surface area (Å²) in [5, 5.41) is 3.23. The Labute approximate surface area is 98.9 Å². The summed E-state index contributed by atoms with van der Waals surface area (Å²) in [5.41, 5.74) is 0. The fourth-order valence-corrected chi connectivity index (χ4v) is 2.19. The third-order valence-corrected chi connectivity index (χ3v) is 3.24. The van der Waals surface area contributed by atoms with E-state index in [0.29, 0.717) is 18.4 Å². The van der Waals surface area contributed by atoms with Crippen molar-refractivity contribution < 1.29 is 9.53 Å². The number of hydrogen-bond acceptors (Lipinski definition) is 3. The molecule has 1 aliphatic rings. The molecule has 3 atom stereocenters. The van der Waals surface area contributed by atoms with Crippen LogP contribution < -0.4 is 5.32 Å². The maximum absolute atomic E-state index is 11.8. The zero-order chi connectivity index (χ0) is 12.0. The highest BCUT2D eigenvalue weighted by molar-refractivity contribution is 5.75. The Balaban J connectivity index is 2.23. The molecule has 1 rings (SSSR count). The Bertz CT molecular complexity index is 218. The van der Waals surface area contributed by atoms with E-state index < -0.39 is 0 Å². The van der Waals surface area contributed by atoms with Crippen LogP contribution in [0.25, 0.3) is 0 Å². The summed E-state index contributed by atoms with van der Waals surface area (Å²) in [6, 6.07) is -0.0717. The van der Waals surface area contributed by atoms with Gasteiger partial charge in [0.1, 0.15) is 6.04 Å². The topological polar surface area (TPSA) is 38.3 Å². The van der Waals surface area contributed by atoms with E-state index in [4.69, 9.17) is 4.74 Å². The minimum absolute atomic E-state index is 0.0606. The second-order valence-electron chi connectivity index (χ2n) is 5.16. The number of nitrogens with one attached hydrogen (secondary N) is 1.